The molecule has 1 atom stereocenters. The predicted octanol–water partition coefficient (Wildman–Crippen LogP) is 2.73. The van der Waals surface area contributed by atoms with Crippen LogP contribution in [0.3, 0.4) is 0 Å². The third-order valence-electron chi connectivity index (χ3n) is 3.40. The largest absolute Gasteiger partial charge is 0.376 e. The highest BCUT2D eigenvalue weighted by molar-refractivity contribution is 6.31. The first-order chi connectivity index (χ1) is 9.24. The molecule has 1 aromatic heterocycles. The standard InChI is InChI=1S/C14H15ClN2O2/c15-9-3-4-13-11(6-9)12(8-16-13)14(18)17-7-10-2-1-5-19-10/h3-4,6,8,10,16H,1-2,5,7H2,(H,17,18). The summed E-state index contributed by atoms with van der Waals surface area (Å²) in [7, 11) is 0. The molecule has 1 unspecified atom stereocenters. The van der Waals surface area contributed by atoms with Gasteiger partial charge in [-0.3, -0.25) is 4.79 Å². The van der Waals surface area contributed by atoms with Crippen molar-refractivity contribution in [1.29, 1.82) is 0 Å². The van der Waals surface area contributed by atoms with E-state index in [1.165, 1.54) is 0 Å². The number of aromatic amines is 1. The lowest BCUT2D eigenvalue weighted by Gasteiger charge is -2.10. The van der Waals surface area contributed by atoms with Crippen molar-refractivity contribution < 1.29 is 9.53 Å². The molecule has 0 bridgehead atoms. The number of carbonyl (C=O) groups excluding carboxylic acids is 1. The molecule has 2 N–H and O–H groups in total. The molecule has 0 spiro atoms. The van der Waals surface area contributed by atoms with E-state index in [4.69, 9.17) is 16.3 Å². The number of aromatic nitrogens is 1. The molecule has 0 saturated carbocycles. The first-order valence-corrected chi connectivity index (χ1v) is 6.78. The zero-order valence-electron chi connectivity index (χ0n) is 10.4. The van der Waals surface area contributed by atoms with Crippen molar-refractivity contribution in [3.63, 3.8) is 0 Å². The van der Waals surface area contributed by atoms with Crippen molar-refractivity contribution in [3.8, 4) is 0 Å². The van der Waals surface area contributed by atoms with Gasteiger partial charge in [-0.05, 0) is 31.0 Å². The fourth-order valence-corrected chi connectivity index (χ4v) is 2.56. The van der Waals surface area contributed by atoms with Crippen LogP contribution >= 0.6 is 11.6 Å². The van der Waals surface area contributed by atoms with E-state index in [1.54, 1.807) is 18.3 Å². The van der Waals surface area contributed by atoms with E-state index >= 15 is 0 Å². The Balaban J connectivity index is 1.75. The lowest BCUT2D eigenvalue weighted by molar-refractivity contribution is 0.0859. The van der Waals surface area contributed by atoms with Gasteiger partial charge in [-0.2, -0.15) is 0 Å². The number of nitrogens with one attached hydrogen (secondary N) is 2. The van der Waals surface area contributed by atoms with E-state index in [1.807, 2.05) is 6.07 Å². The van der Waals surface area contributed by atoms with Crippen molar-refractivity contribution in [2.75, 3.05) is 13.2 Å². The second-order valence-electron chi connectivity index (χ2n) is 4.74. The molecule has 4 nitrogen and oxygen atoms in total. The van der Waals surface area contributed by atoms with Gasteiger partial charge in [0.05, 0.1) is 11.7 Å². The first kappa shape index (κ1) is 12.5. The van der Waals surface area contributed by atoms with Gasteiger partial charge < -0.3 is 15.0 Å². The van der Waals surface area contributed by atoms with Gasteiger partial charge in [0.2, 0.25) is 0 Å². The van der Waals surface area contributed by atoms with E-state index in [-0.39, 0.29) is 12.0 Å². The van der Waals surface area contributed by atoms with Gasteiger partial charge in [0.25, 0.3) is 5.91 Å². The van der Waals surface area contributed by atoms with Gasteiger partial charge in [0.1, 0.15) is 0 Å². The average molecular weight is 279 g/mol. The third kappa shape index (κ3) is 2.60. The predicted molar refractivity (Wildman–Crippen MR) is 74.6 cm³/mol. The van der Waals surface area contributed by atoms with Gasteiger partial charge in [-0.1, -0.05) is 11.6 Å². The van der Waals surface area contributed by atoms with Gasteiger partial charge in [0, 0.05) is 35.3 Å². The summed E-state index contributed by atoms with van der Waals surface area (Å²) in [6.07, 6.45) is 3.95. The van der Waals surface area contributed by atoms with E-state index in [0.717, 1.165) is 30.4 Å². The van der Waals surface area contributed by atoms with E-state index in [0.29, 0.717) is 17.1 Å². The molecule has 2 heterocycles. The quantitative estimate of drug-likeness (QED) is 0.907. The smallest absolute Gasteiger partial charge is 0.253 e. The average Bonchev–Trinajstić information content (AvgIpc) is 3.04. The molecule has 1 aromatic carbocycles. The van der Waals surface area contributed by atoms with Crippen LogP contribution in [0.2, 0.25) is 5.02 Å². The summed E-state index contributed by atoms with van der Waals surface area (Å²) in [4.78, 5) is 15.2. The molecule has 0 aliphatic carbocycles. The van der Waals surface area contributed by atoms with E-state index in [2.05, 4.69) is 10.3 Å². The number of amides is 1. The molecular formula is C14H15ClN2O2. The van der Waals surface area contributed by atoms with Gasteiger partial charge in [0.15, 0.2) is 0 Å². The summed E-state index contributed by atoms with van der Waals surface area (Å²) >= 11 is 5.97. The lowest BCUT2D eigenvalue weighted by Crippen LogP contribution is -2.31. The monoisotopic (exact) mass is 278 g/mol. The number of rotatable bonds is 3. The number of fused-ring (bicyclic) bond motifs is 1. The Morgan fingerprint density at radius 1 is 1.53 bits per heavy atom. The van der Waals surface area contributed by atoms with Crippen LogP contribution in [-0.4, -0.2) is 30.1 Å². The van der Waals surface area contributed by atoms with Crippen molar-refractivity contribution in [3.05, 3.63) is 35.0 Å². The Labute approximate surface area is 116 Å². The number of hydrogen-bond acceptors (Lipinski definition) is 2. The summed E-state index contributed by atoms with van der Waals surface area (Å²) in [5, 5.41) is 4.38. The zero-order valence-corrected chi connectivity index (χ0v) is 11.2. The Hall–Kier alpha value is -1.52. The Bertz CT molecular complexity index is 603. The summed E-state index contributed by atoms with van der Waals surface area (Å²) < 4.78 is 5.48. The molecule has 2 aromatic rings. The highest BCUT2D eigenvalue weighted by Crippen LogP contribution is 2.22. The molecule has 1 fully saturated rings. The van der Waals surface area contributed by atoms with Crippen molar-refractivity contribution in [2.24, 2.45) is 0 Å². The lowest BCUT2D eigenvalue weighted by atomic mass is 10.1. The SMILES string of the molecule is O=C(NCC1CCCO1)c1c[nH]c2ccc(Cl)cc12. The Morgan fingerprint density at radius 2 is 2.42 bits per heavy atom. The van der Waals surface area contributed by atoms with Crippen LogP contribution in [-0.2, 0) is 4.74 Å². The molecule has 5 heteroatoms. The van der Waals surface area contributed by atoms with Crippen molar-refractivity contribution in [1.82, 2.24) is 10.3 Å². The number of H-pyrrole nitrogens is 1. The summed E-state index contributed by atoms with van der Waals surface area (Å²) in [6, 6.07) is 5.47. The molecular weight excluding hydrogens is 264 g/mol. The Kier molecular flexibility index (Phi) is 3.44. The molecule has 0 radical (unpaired) electrons. The van der Waals surface area contributed by atoms with E-state index < -0.39 is 0 Å². The molecule has 3 rings (SSSR count). The van der Waals surface area contributed by atoms with Crippen LogP contribution < -0.4 is 5.32 Å². The van der Waals surface area contributed by atoms with Gasteiger partial charge >= 0.3 is 0 Å². The molecule has 1 aliphatic heterocycles. The minimum absolute atomic E-state index is 0.0935. The minimum Gasteiger partial charge on any atom is -0.376 e. The fraction of sp³-hybridized carbons (Fsp3) is 0.357. The second kappa shape index (κ2) is 5.23. The normalized spacial score (nSPS) is 18.9. The molecule has 1 amide bonds. The number of halogens is 1. The fourth-order valence-electron chi connectivity index (χ4n) is 2.39. The molecule has 1 saturated heterocycles. The first-order valence-electron chi connectivity index (χ1n) is 6.40. The highest BCUT2D eigenvalue weighted by Gasteiger charge is 2.18. The van der Waals surface area contributed by atoms with Crippen LogP contribution in [0.5, 0.6) is 0 Å². The molecule has 19 heavy (non-hydrogen) atoms. The maximum atomic E-state index is 12.2. The summed E-state index contributed by atoms with van der Waals surface area (Å²) in [5.41, 5.74) is 1.53. The second-order valence-corrected chi connectivity index (χ2v) is 5.17. The maximum absolute atomic E-state index is 12.2. The van der Waals surface area contributed by atoms with Gasteiger partial charge in [-0.25, -0.2) is 0 Å². The number of ether oxygens (including phenoxy) is 1. The van der Waals surface area contributed by atoms with Crippen LogP contribution in [0, 0.1) is 0 Å². The van der Waals surface area contributed by atoms with Crippen molar-refractivity contribution in [2.45, 2.75) is 18.9 Å². The van der Waals surface area contributed by atoms with Crippen LogP contribution in [0.25, 0.3) is 10.9 Å². The number of hydrogen-bond donors (Lipinski definition) is 2. The van der Waals surface area contributed by atoms with Crippen molar-refractivity contribution >= 4 is 28.4 Å². The summed E-state index contributed by atoms with van der Waals surface area (Å²) in [5.74, 6) is -0.0935. The molecule has 1 aliphatic rings. The van der Waals surface area contributed by atoms with Gasteiger partial charge in [-0.15, -0.1) is 0 Å². The summed E-state index contributed by atoms with van der Waals surface area (Å²) in [6.45, 7) is 1.36. The van der Waals surface area contributed by atoms with Crippen LogP contribution in [0.1, 0.15) is 23.2 Å². The maximum Gasteiger partial charge on any atom is 0.253 e. The van der Waals surface area contributed by atoms with E-state index in [9.17, 15) is 4.79 Å². The number of carbonyl (C=O) groups is 1. The number of benzene rings is 1. The topological polar surface area (TPSA) is 54.1 Å². The molecule has 100 valence electrons. The zero-order chi connectivity index (χ0) is 13.2. The highest BCUT2D eigenvalue weighted by atomic mass is 35.5. The third-order valence-corrected chi connectivity index (χ3v) is 3.64. The van der Waals surface area contributed by atoms with Crippen LogP contribution in [0.4, 0.5) is 0 Å². The Morgan fingerprint density at radius 3 is 3.21 bits per heavy atom. The van der Waals surface area contributed by atoms with Crippen LogP contribution in [0.15, 0.2) is 24.4 Å². The minimum atomic E-state index is -0.0935.